The number of aliphatic hydroxyl groups is 2. The molecule has 0 amide bonds. The summed E-state index contributed by atoms with van der Waals surface area (Å²) >= 11 is 0. The second kappa shape index (κ2) is 6.90. The second-order valence-electron chi connectivity index (χ2n) is 5.43. The van der Waals surface area contributed by atoms with E-state index in [1.54, 1.807) is 30.5 Å². The molecule has 24 heavy (non-hydrogen) atoms. The average Bonchev–Trinajstić information content (AvgIpc) is 3.05. The number of halogens is 2. The maximum absolute atomic E-state index is 13.8. The molecule has 0 aliphatic rings. The number of hydrogen-bond acceptors (Lipinski definition) is 3. The highest BCUT2D eigenvalue weighted by atomic mass is 19.1. The lowest BCUT2D eigenvalue weighted by Gasteiger charge is -2.17. The zero-order chi connectivity index (χ0) is 17.1. The molecule has 4 nitrogen and oxygen atoms in total. The summed E-state index contributed by atoms with van der Waals surface area (Å²) in [6.07, 6.45) is 0.806. The Hall–Kier alpha value is -2.57. The number of aromatic nitrogens is 2. The molecule has 0 spiro atoms. The monoisotopic (exact) mass is 330 g/mol. The van der Waals surface area contributed by atoms with Crippen LogP contribution in [0.4, 0.5) is 8.78 Å². The molecule has 0 aliphatic heterocycles. The third kappa shape index (κ3) is 3.34. The summed E-state index contributed by atoms with van der Waals surface area (Å²) in [5.41, 5.74) is 0.514. The molecule has 6 heteroatoms. The summed E-state index contributed by atoms with van der Waals surface area (Å²) in [7, 11) is 0. The highest BCUT2D eigenvalue weighted by Gasteiger charge is 2.20. The van der Waals surface area contributed by atoms with E-state index in [0.29, 0.717) is 11.4 Å². The van der Waals surface area contributed by atoms with Crippen molar-refractivity contribution in [1.82, 2.24) is 9.55 Å². The number of aliphatic hydroxyl groups excluding tert-OH is 2. The first-order valence-corrected chi connectivity index (χ1v) is 7.43. The van der Waals surface area contributed by atoms with Gasteiger partial charge in [0.1, 0.15) is 23.6 Å². The summed E-state index contributed by atoms with van der Waals surface area (Å²) in [4.78, 5) is 4.11. The van der Waals surface area contributed by atoms with Crippen molar-refractivity contribution in [3.63, 3.8) is 0 Å². The van der Waals surface area contributed by atoms with Crippen LogP contribution in [0.2, 0.25) is 0 Å². The third-order valence-electron chi connectivity index (χ3n) is 3.79. The van der Waals surface area contributed by atoms with Gasteiger partial charge in [0.2, 0.25) is 0 Å². The maximum Gasteiger partial charge on any atom is 0.142 e. The number of hydrogen-bond donors (Lipinski definition) is 2. The van der Waals surface area contributed by atoms with Crippen LogP contribution in [0.15, 0.2) is 60.9 Å². The van der Waals surface area contributed by atoms with Gasteiger partial charge in [-0.05, 0) is 23.8 Å². The van der Waals surface area contributed by atoms with Crippen molar-refractivity contribution in [3.8, 4) is 0 Å². The fourth-order valence-electron chi connectivity index (χ4n) is 2.56. The highest BCUT2D eigenvalue weighted by molar-refractivity contribution is 5.24. The number of imidazole rings is 1. The number of nitrogens with zero attached hydrogens (tertiary/aromatic N) is 2. The molecule has 0 bridgehead atoms. The lowest BCUT2D eigenvalue weighted by Crippen LogP contribution is -2.15. The Bertz CT molecular complexity index is 821. The number of rotatable bonds is 5. The Labute approximate surface area is 137 Å². The van der Waals surface area contributed by atoms with Crippen LogP contribution in [0, 0.1) is 11.6 Å². The predicted octanol–water partition coefficient (Wildman–Crippen LogP) is 2.98. The highest BCUT2D eigenvalue weighted by Crippen LogP contribution is 2.24. The van der Waals surface area contributed by atoms with E-state index >= 15 is 0 Å². The molecule has 0 saturated heterocycles. The third-order valence-corrected chi connectivity index (χ3v) is 3.79. The Kier molecular flexibility index (Phi) is 4.69. The topological polar surface area (TPSA) is 58.3 Å². The average molecular weight is 330 g/mol. The van der Waals surface area contributed by atoms with E-state index in [9.17, 15) is 19.0 Å². The molecule has 3 rings (SSSR count). The molecule has 124 valence electrons. The van der Waals surface area contributed by atoms with Crippen LogP contribution in [0.1, 0.15) is 29.2 Å². The summed E-state index contributed by atoms with van der Waals surface area (Å²) in [6.45, 7) is -0.0560. The molecule has 1 heterocycles. The minimum atomic E-state index is -1.27. The fraction of sp³-hybridized carbons (Fsp3) is 0.167. The minimum Gasteiger partial charge on any atom is -0.386 e. The molecule has 0 saturated carbocycles. The molecule has 1 aromatic heterocycles. The van der Waals surface area contributed by atoms with Crippen LogP contribution < -0.4 is 0 Å². The van der Waals surface area contributed by atoms with Crippen molar-refractivity contribution >= 4 is 0 Å². The SMILES string of the molecule is O[C@H](c1ccccc1)c1nccn1C[C@@H](O)c1cc(F)ccc1F. The first kappa shape index (κ1) is 16.3. The first-order valence-electron chi connectivity index (χ1n) is 7.43. The van der Waals surface area contributed by atoms with Crippen LogP contribution >= 0.6 is 0 Å². The van der Waals surface area contributed by atoms with Crippen LogP contribution in [0.3, 0.4) is 0 Å². The Morgan fingerprint density at radius 2 is 1.79 bits per heavy atom. The molecule has 2 aromatic carbocycles. The zero-order valence-electron chi connectivity index (χ0n) is 12.7. The zero-order valence-corrected chi connectivity index (χ0v) is 12.7. The molecule has 0 aliphatic carbocycles. The molecule has 3 aromatic rings. The van der Waals surface area contributed by atoms with Crippen molar-refractivity contribution in [2.24, 2.45) is 0 Å². The molecule has 0 fully saturated rings. The summed E-state index contributed by atoms with van der Waals surface area (Å²) in [5.74, 6) is -0.994. The predicted molar refractivity (Wildman–Crippen MR) is 84.0 cm³/mol. The van der Waals surface area contributed by atoms with Gasteiger partial charge in [0.25, 0.3) is 0 Å². The molecule has 2 atom stereocenters. The van der Waals surface area contributed by atoms with Crippen LogP contribution in [-0.4, -0.2) is 19.8 Å². The van der Waals surface area contributed by atoms with Gasteiger partial charge >= 0.3 is 0 Å². The van der Waals surface area contributed by atoms with Gasteiger partial charge in [-0.25, -0.2) is 13.8 Å². The molecular weight excluding hydrogens is 314 g/mol. The van der Waals surface area contributed by atoms with Crippen LogP contribution in [0.5, 0.6) is 0 Å². The molecular formula is C18H16F2N2O2. The maximum atomic E-state index is 13.8. The normalized spacial score (nSPS) is 13.7. The number of benzene rings is 2. The van der Waals surface area contributed by atoms with Crippen LogP contribution in [-0.2, 0) is 6.54 Å². The molecule has 0 radical (unpaired) electrons. The minimum absolute atomic E-state index is 0.0560. The smallest absolute Gasteiger partial charge is 0.142 e. The van der Waals surface area contributed by atoms with Gasteiger partial charge in [-0.1, -0.05) is 30.3 Å². The van der Waals surface area contributed by atoms with E-state index in [1.165, 1.54) is 10.8 Å². The van der Waals surface area contributed by atoms with Crippen molar-refractivity contribution in [3.05, 3.63) is 89.5 Å². The first-order chi connectivity index (χ1) is 11.6. The Balaban J connectivity index is 1.84. The van der Waals surface area contributed by atoms with E-state index in [0.717, 1.165) is 18.2 Å². The van der Waals surface area contributed by atoms with Gasteiger partial charge in [0.15, 0.2) is 0 Å². The van der Waals surface area contributed by atoms with E-state index < -0.39 is 23.8 Å². The van der Waals surface area contributed by atoms with Gasteiger partial charge in [-0.3, -0.25) is 0 Å². The summed E-state index contributed by atoms with van der Waals surface area (Å²) < 4.78 is 28.6. The van der Waals surface area contributed by atoms with E-state index in [2.05, 4.69) is 4.98 Å². The quantitative estimate of drug-likeness (QED) is 0.756. The summed E-state index contributed by atoms with van der Waals surface area (Å²) in [6, 6.07) is 11.9. The van der Waals surface area contributed by atoms with Gasteiger partial charge < -0.3 is 14.8 Å². The standard InChI is InChI=1S/C18H16F2N2O2/c19-13-6-7-15(20)14(10-13)16(23)11-22-9-8-21-18(22)17(24)12-4-2-1-3-5-12/h1-10,16-17,23-24H,11H2/t16-,17-/m1/s1. The molecule has 2 N–H and O–H groups in total. The summed E-state index contributed by atoms with van der Waals surface area (Å²) in [5, 5.41) is 20.7. The fourth-order valence-corrected chi connectivity index (χ4v) is 2.56. The van der Waals surface area contributed by atoms with E-state index in [-0.39, 0.29) is 12.1 Å². The van der Waals surface area contributed by atoms with Crippen molar-refractivity contribution < 1.29 is 19.0 Å². The van der Waals surface area contributed by atoms with Crippen molar-refractivity contribution in [1.29, 1.82) is 0 Å². The van der Waals surface area contributed by atoms with Crippen LogP contribution in [0.25, 0.3) is 0 Å². The Morgan fingerprint density at radius 1 is 1.04 bits per heavy atom. The molecule has 0 unspecified atom stereocenters. The van der Waals surface area contributed by atoms with E-state index in [4.69, 9.17) is 0 Å². The van der Waals surface area contributed by atoms with Gasteiger partial charge in [-0.2, -0.15) is 0 Å². The lowest BCUT2D eigenvalue weighted by molar-refractivity contribution is 0.143. The van der Waals surface area contributed by atoms with Crippen molar-refractivity contribution in [2.45, 2.75) is 18.8 Å². The second-order valence-corrected chi connectivity index (χ2v) is 5.43. The van der Waals surface area contributed by atoms with E-state index in [1.807, 2.05) is 6.07 Å². The largest absolute Gasteiger partial charge is 0.386 e. The van der Waals surface area contributed by atoms with Gasteiger partial charge in [-0.15, -0.1) is 0 Å². The van der Waals surface area contributed by atoms with Gasteiger partial charge in [0, 0.05) is 18.0 Å². The lowest BCUT2D eigenvalue weighted by atomic mass is 10.1. The van der Waals surface area contributed by atoms with Crippen molar-refractivity contribution in [2.75, 3.05) is 0 Å². The van der Waals surface area contributed by atoms with Gasteiger partial charge in [0.05, 0.1) is 12.6 Å². The Morgan fingerprint density at radius 3 is 2.54 bits per heavy atom.